The molecule has 10 atom stereocenters. The zero-order chi connectivity index (χ0) is 38.3. The van der Waals surface area contributed by atoms with Crippen LogP contribution in [0.4, 0.5) is 0 Å². The maximum Gasteiger partial charge on any atom is 0.309 e. The number of carbonyl (C=O) groups is 5. The first-order valence-electron chi connectivity index (χ1n) is 18.8. The number of aliphatic hydroxyl groups is 2. The molecule has 2 aliphatic carbocycles. The Labute approximate surface area is 302 Å². The molecule has 1 saturated heterocycles. The minimum atomic E-state index is -2.40. The second kappa shape index (κ2) is 17.6. The summed E-state index contributed by atoms with van der Waals surface area (Å²) < 4.78 is 36.7. The van der Waals surface area contributed by atoms with Gasteiger partial charge in [0.1, 0.15) is 17.8 Å². The molecule has 3 aliphatic rings. The van der Waals surface area contributed by atoms with Gasteiger partial charge in [0.05, 0.1) is 11.8 Å². The lowest BCUT2D eigenvalue weighted by molar-refractivity contribution is -0.238. The van der Waals surface area contributed by atoms with Gasteiger partial charge in [-0.1, -0.05) is 67.2 Å². The topological polar surface area (TPSA) is 181 Å². The van der Waals surface area contributed by atoms with E-state index in [4.69, 9.17) is 28.4 Å². The number of unbranched alkanes of at least 4 members (excludes halogenated alkanes) is 4. The van der Waals surface area contributed by atoms with E-state index in [2.05, 4.69) is 6.92 Å². The number of ether oxygens (including phenoxy) is 6. The summed E-state index contributed by atoms with van der Waals surface area (Å²) in [6.45, 7) is 14.9. The van der Waals surface area contributed by atoms with Gasteiger partial charge in [-0.05, 0) is 45.1 Å². The van der Waals surface area contributed by atoms with Gasteiger partial charge >= 0.3 is 29.8 Å². The van der Waals surface area contributed by atoms with Gasteiger partial charge in [-0.15, -0.1) is 0 Å². The Hall–Kier alpha value is -3.19. The van der Waals surface area contributed by atoms with Gasteiger partial charge in [0.2, 0.25) is 11.9 Å². The fourth-order valence-electron chi connectivity index (χ4n) is 7.69. The molecule has 13 heteroatoms. The second-order valence-corrected chi connectivity index (χ2v) is 14.8. The van der Waals surface area contributed by atoms with Crippen LogP contribution < -0.4 is 0 Å². The van der Waals surface area contributed by atoms with Crippen LogP contribution in [0.5, 0.6) is 0 Å². The van der Waals surface area contributed by atoms with Crippen molar-refractivity contribution in [3.8, 4) is 0 Å². The third-order valence-corrected chi connectivity index (χ3v) is 10.6. The Morgan fingerprint density at radius 2 is 1.43 bits per heavy atom. The van der Waals surface area contributed by atoms with Crippen molar-refractivity contribution in [3.05, 3.63) is 11.3 Å². The lowest BCUT2D eigenvalue weighted by atomic mass is 9.76. The molecule has 1 heterocycles. The highest BCUT2D eigenvalue weighted by Crippen LogP contribution is 2.60. The fourth-order valence-corrected chi connectivity index (χ4v) is 7.69. The van der Waals surface area contributed by atoms with Crippen LogP contribution in [0, 0.1) is 17.8 Å². The highest BCUT2D eigenvalue weighted by Gasteiger charge is 2.76. The Bertz CT molecular complexity index is 1310. The number of carbonyl (C=O) groups excluding carboxylic acids is 5. The van der Waals surface area contributed by atoms with Gasteiger partial charge in [-0.25, -0.2) is 0 Å². The van der Waals surface area contributed by atoms with Gasteiger partial charge in [-0.3, -0.25) is 24.0 Å². The summed E-state index contributed by atoms with van der Waals surface area (Å²) in [5.41, 5.74) is -6.19. The lowest BCUT2D eigenvalue weighted by Gasteiger charge is -2.44. The van der Waals surface area contributed by atoms with Crippen LogP contribution >= 0.6 is 0 Å². The van der Waals surface area contributed by atoms with Crippen molar-refractivity contribution in [2.45, 2.75) is 181 Å². The fraction of sp³-hybridized carbons (Fsp3) is 0.816. The van der Waals surface area contributed by atoms with Crippen molar-refractivity contribution in [2.75, 3.05) is 0 Å². The molecule has 0 radical (unpaired) electrons. The smallest absolute Gasteiger partial charge is 0.309 e. The molecule has 1 aliphatic heterocycles. The lowest BCUT2D eigenvalue weighted by Crippen LogP contribution is -2.64. The number of fused-ring (bicyclic) bond motifs is 2. The quantitative estimate of drug-likeness (QED) is 0.111. The molecule has 0 amide bonds. The molecule has 0 bridgehead atoms. The molecule has 0 aromatic heterocycles. The maximum absolute atomic E-state index is 13.6. The summed E-state index contributed by atoms with van der Waals surface area (Å²) in [6, 6.07) is 0. The van der Waals surface area contributed by atoms with Gasteiger partial charge in [0.25, 0.3) is 0 Å². The average molecular weight is 725 g/mol. The zero-order valence-corrected chi connectivity index (χ0v) is 31.9. The Balaban J connectivity index is 2.37. The molecule has 0 spiro atoms. The summed E-state index contributed by atoms with van der Waals surface area (Å²) in [7, 11) is 0. The monoisotopic (exact) mass is 724 g/mol. The molecule has 1 saturated carbocycles. The third-order valence-electron chi connectivity index (χ3n) is 10.6. The number of rotatable bonds is 17. The number of esters is 5. The molecule has 2 fully saturated rings. The Morgan fingerprint density at radius 3 is 2.02 bits per heavy atom. The van der Waals surface area contributed by atoms with Crippen LogP contribution in [0.15, 0.2) is 11.3 Å². The second-order valence-electron chi connectivity index (χ2n) is 14.8. The minimum Gasteiger partial charge on any atom is -0.462 e. The first-order valence-corrected chi connectivity index (χ1v) is 18.8. The molecular weight excluding hydrogens is 664 g/mol. The average Bonchev–Trinajstić information content (AvgIpc) is 3.38. The van der Waals surface area contributed by atoms with Crippen molar-refractivity contribution in [1.82, 2.24) is 0 Å². The number of aliphatic hydroxyl groups excluding tert-OH is 1. The van der Waals surface area contributed by atoms with Gasteiger partial charge < -0.3 is 38.6 Å². The Kier molecular flexibility index (Phi) is 14.5. The first-order chi connectivity index (χ1) is 23.9. The summed E-state index contributed by atoms with van der Waals surface area (Å²) in [4.78, 5) is 66.6. The van der Waals surface area contributed by atoms with Gasteiger partial charge in [0.15, 0.2) is 17.5 Å². The molecule has 290 valence electrons. The van der Waals surface area contributed by atoms with Crippen molar-refractivity contribution in [3.63, 3.8) is 0 Å². The Morgan fingerprint density at radius 1 is 0.824 bits per heavy atom. The van der Waals surface area contributed by atoms with Crippen LogP contribution in [-0.4, -0.2) is 81.5 Å². The molecule has 0 aromatic carbocycles. The molecule has 3 rings (SSSR count). The van der Waals surface area contributed by atoms with E-state index in [1.807, 2.05) is 6.92 Å². The third kappa shape index (κ3) is 8.72. The van der Waals surface area contributed by atoms with Gasteiger partial charge in [-0.2, -0.15) is 0 Å². The van der Waals surface area contributed by atoms with E-state index in [1.54, 1.807) is 34.6 Å². The first kappa shape index (κ1) is 42.2. The van der Waals surface area contributed by atoms with E-state index in [0.717, 1.165) is 25.7 Å². The highest BCUT2D eigenvalue weighted by atomic mass is 16.7. The van der Waals surface area contributed by atoms with Crippen LogP contribution in [0.25, 0.3) is 0 Å². The van der Waals surface area contributed by atoms with E-state index >= 15 is 0 Å². The molecular formula is C38H60O13. The molecule has 2 N–H and O–H groups in total. The summed E-state index contributed by atoms with van der Waals surface area (Å²) in [5, 5.41) is 23.5. The predicted molar refractivity (Wildman–Crippen MR) is 183 cm³/mol. The van der Waals surface area contributed by atoms with Crippen molar-refractivity contribution in [1.29, 1.82) is 0 Å². The normalized spacial score (nSPS) is 33.2. The van der Waals surface area contributed by atoms with Crippen LogP contribution in [0.3, 0.4) is 0 Å². The van der Waals surface area contributed by atoms with Crippen molar-refractivity contribution >= 4 is 29.8 Å². The predicted octanol–water partition coefficient (Wildman–Crippen LogP) is 5.36. The van der Waals surface area contributed by atoms with E-state index in [-0.39, 0.29) is 37.0 Å². The highest BCUT2D eigenvalue weighted by molar-refractivity contribution is 5.74. The van der Waals surface area contributed by atoms with Crippen LogP contribution in [0.1, 0.15) is 139 Å². The zero-order valence-electron chi connectivity index (χ0n) is 31.9. The van der Waals surface area contributed by atoms with E-state index in [1.165, 1.54) is 13.8 Å². The largest absolute Gasteiger partial charge is 0.462 e. The minimum absolute atomic E-state index is 0.0246. The van der Waals surface area contributed by atoms with Gasteiger partial charge in [0, 0.05) is 38.5 Å². The molecule has 0 aromatic rings. The van der Waals surface area contributed by atoms with Crippen molar-refractivity contribution in [2.24, 2.45) is 17.8 Å². The standard InChI is InChI=1S/C38H60O13/c1-10-14-15-16-17-20-27(41)47-32-30-29(23(6)31(32)48-34(43)22(5)13-4)33-38(51-28(42)19-12-3,37(9,45)35(44)49-33)25(46-26(40)18-11-2)21-36(30,8)50-24(7)39/h22-23,25,30-32,35,44-45H,10-21H2,1-9H3/t22-,23-,25-,30+,31-,32-,35+,36-,37+,38+/m0/s1. The summed E-state index contributed by atoms with van der Waals surface area (Å²) in [5.74, 6) is -5.98. The maximum atomic E-state index is 13.6. The van der Waals surface area contributed by atoms with Crippen molar-refractivity contribution < 1.29 is 62.6 Å². The van der Waals surface area contributed by atoms with E-state index in [0.29, 0.717) is 25.7 Å². The number of hydrogen-bond donors (Lipinski definition) is 2. The molecule has 51 heavy (non-hydrogen) atoms. The van der Waals surface area contributed by atoms with E-state index < -0.39 is 89.0 Å². The summed E-state index contributed by atoms with van der Waals surface area (Å²) >= 11 is 0. The van der Waals surface area contributed by atoms with E-state index in [9.17, 15) is 34.2 Å². The van der Waals surface area contributed by atoms with Crippen LogP contribution in [0.2, 0.25) is 0 Å². The SMILES string of the molecule is CCCCCCCC(=O)O[C@@H]1[C@@H](OC(=O)[C@@H](C)CC)[C@@H](C)C2=C3O[C@@H](O)[C@@](C)(O)[C@@]3(OC(=O)CCC)[C@@H](OC(=O)CCC)C[C@](C)(OC(C)=O)[C@H]21. The molecule has 13 nitrogen and oxygen atoms in total. The van der Waals surface area contributed by atoms with Crippen LogP contribution in [-0.2, 0) is 52.4 Å². The number of hydrogen-bond acceptors (Lipinski definition) is 13. The summed E-state index contributed by atoms with van der Waals surface area (Å²) in [6.07, 6.45) is -0.619. The molecule has 0 unspecified atom stereocenters.